The van der Waals surface area contributed by atoms with Crippen LogP contribution in [0.5, 0.6) is 0 Å². The van der Waals surface area contributed by atoms with Crippen LogP contribution in [0.25, 0.3) is 0 Å². The van der Waals surface area contributed by atoms with Crippen LogP contribution in [0.3, 0.4) is 0 Å². The monoisotopic (exact) mass is 248 g/mol. The average molecular weight is 248 g/mol. The van der Waals surface area contributed by atoms with Gasteiger partial charge in [-0.15, -0.1) is 0 Å². The molecule has 2 rings (SSSR count). The van der Waals surface area contributed by atoms with Gasteiger partial charge in [-0.25, -0.2) is 0 Å². The fourth-order valence-electron chi connectivity index (χ4n) is 2.17. The quantitative estimate of drug-likeness (QED) is 0.838. The molecule has 98 valence electrons. The fraction of sp³-hybridized carbons (Fsp3) is 0.538. The van der Waals surface area contributed by atoms with Crippen molar-refractivity contribution >= 4 is 11.6 Å². The normalized spacial score (nSPS) is 20.7. The van der Waals surface area contributed by atoms with Crippen LogP contribution in [0.4, 0.5) is 5.69 Å². The molecule has 1 unspecified atom stereocenters. The highest BCUT2D eigenvalue weighted by atomic mass is 16.2. The van der Waals surface area contributed by atoms with Crippen LogP contribution in [-0.2, 0) is 4.79 Å². The van der Waals surface area contributed by atoms with Gasteiger partial charge in [-0.3, -0.25) is 9.78 Å². The van der Waals surface area contributed by atoms with E-state index in [0.29, 0.717) is 6.42 Å². The third-order valence-corrected chi connectivity index (χ3v) is 3.29. The predicted octanol–water partition coefficient (Wildman–Crippen LogP) is 0.338. The number of piperazine rings is 1. The van der Waals surface area contributed by atoms with Gasteiger partial charge >= 0.3 is 0 Å². The van der Waals surface area contributed by atoms with Crippen LogP contribution in [0, 0.1) is 0 Å². The molecule has 1 aromatic rings. The molecule has 18 heavy (non-hydrogen) atoms. The first kappa shape index (κ1) is 13.0. The standard InChI is InChI=1S/C13H20N4O/c1-16-7-6-15-11(10-16)8-13(18)17(2)12-4-3-5-14-9-12/h3-5,9,11,15H,6-8,10H2,1-2H3. The van der Waals surface area contributed by atoms with E-state index in [1.807, 2.05) is 12.1 Å². The van der Waals surface area contributed by atoms with Gasteiger partial charge in [-0.05, 0) is 19.2 Å². The molecule has 1 N–H and O–H groups in total. The molecule has 0 aromatic carbocycles. The number of anilines is 1. The molecule has 1 aliphatic heterocycles. The van der Waals surface area contributed by atoms with Crippen LogP contribution in [0.15, 0.2) is 24.5 Å². The lowest BCUT2D eigenvalue weighted by atomic mass is 10.1. The molecular weight excluding hydrogens is 228 g/mol. The summed E-state index contributed by atoms with van der Waals surface area (Å²) in [7, 11) is 3.88. The topological polar surface area (TPSA) is 48.5 Å². The molecule has 0 aliphatic carbocycles. The van der Waals surface area contributed by atoms with E-state index in [9.17, 15) is 4.79 Å². The number of amides is 1. The first-order chi connectivity index (χ1) is 8.66. The van der Waals surface area contributed by atoms with Gasteiger partial charge in [0.1, 0.15) is 0 Å². The second kappa shape index (κ2) is 5.93. The highest BCUT2D eigenvalue weighted by molar-refractivity contribution is 5.92. The minimum absolute atomic E-state index is 0.121. The molecule has 0 spiro atoms. The van der Waals surface area contributed by atoms with Crippen molar-refractivity contribution in [1.82, 2.24) is 15.2 Å². The van der Waals surface area contributed by atoms with Gasteiger partial charge in [0.15, 0.2) is 0 Å². The molecule has 0 bridgehead atoms. The first-order valence-electron chi connectivity index (χ1n) is 6.25. The summed E-state index contributed by atoms with van der Waals surface area (Å²) in [4.78, 5) is 20.1. The average Bonchev–Trinajstić information content (AvgIpc) is 2.39. The van der Waals surface area contributed by atoms with Crippen LogP contribution in [0.2, 0.25) is 0 Å². The minimum atomic E-state index is 0.121. The lowest BCUT2D eigenvalue weighted by Gasteiger charge is -2.31. The molecule has 1 saturated heterocycles. The van der Waals surface area contributed by atoms with Crippen LogP contribution in [-0.4, -0.2) is 55.6 Å². The van der Waals surface area contributed by atoms with Crippen molar-refractivity contribution in [1.29, 1.82) is 0 Å². The highest BCUT2D eigenvalue weighted by Crippen LogP contribution is 2.12. The van der Waals surface area contributed by atoms with Crippen molar-refractivity contribution < 1.29 is 4.79 Å². The Morgan fingerprint density at radius 1 is 1.67 bits per heavy atom. The molecule has 1 amide bonds. The van der Waals surface area contributed by atoms with Crippen molar-refractivity contribution in [2.45, 2.75) is 12.5 Å². The second-order valence-corrected chi connectivity index (χ2v) is 4.78. The molecule has 2 heterocycles. The number of carbonyl (C=O) groups excluding carboxylic acids is 1. The Hall–Kier alpha value is -1.46. The van der Waals surface area contributed by atoms with Gasteiger partial charge in [0.25, 0.3) is 0 Å². The van der Waals surface area contributed by atoms with Crippen molar-refractivity contribution in [2.24, 2.45) is 0 Å². The Morgan fingerprint density at radius 2 is 2.50 bits per heavy atom. The SMILES string of the molecule is CN1CCNC(CC(=O)N(C)c2cccnc2)C1. The summed E-state index contributed by atoms with van der Waals surface area (Å²) in [5.74, 6) is 0.121. The first-order valence-corrected chi connectivity index (χ1v) is 6.25. The van der Waals surface area contributed by atoms with Gasteiger partial charge in [0, 0.05) is 45.3 Å². The fourth-order valence-corrected chi connectivity index (χ4v) is 2.17. The molecule has 1 aliphatic rings. The van der Waals surface area contributed by atoms with E-state index in [0.717, 1.165) is 25.3 Å². The zero-order chi connectivity index (χ0) is 13.0. The molecule has 5 heteroatoms. The molecular formula is C13H20N4O. The third kappa shape index (κ3) is 3.27. The van der Waals surface area contributed by atoms with Gasteiger partial charge < -0.3 is 15.1 Å². The molecule has 5 nitrogen and oxygen atoms in total. The van der Waals surface area contributed by atoms with E-state index in [2.05, 4.69) is 22.2 Å². The van der Waals surface area contributed by atoms with Gasteiger partial charge in [-0.2, -0.15) is 0 Å². The maximum atomic E-state index is 12.2. The summed E-state index contributed by atoms with van der Waals surface area (Å²) in [6.07, 6.45) is 3.94. The van der Waals surface area contributed by atoms with E-state index in [1.165, 1.54) is 0 Å². The smallest absolute Gasteiger partial charge is 0.228 e. The van der Waals surface area contributed by atoms with Crippen molar-refractivity contribution in [3.8, 4) is 0 Å². The number of carbonyl (C=O) groups is 1. The van der Waals surface area contributed by atoms with Crippen LogP contribution in [0.1, 0.15) is 6.42 Å². The Morgan fingerprint density at radius 3 is 3.17 bits per heavy atom. The van der Waals surface area contributed by atoms with Crippen LogP contribution < -0.4 is 10.2 Å². The van der Waals surface area contributed by atoms with E-state index >= 15 is 0 Å². The van der Waals surface area contributed by atoms with Crippen molar-refractivity contribution in [3.63, 3.8) is 0 Å². The zero-order valence-electron chi connectivity index (χ0n) is 11.0. The summed E-state index contributed by atoms with van der Waals surface area (Å²) in [5, 5.41) is 3.38. The predicted molar refractivity (Wildman–Crippen MR) is 71.6 cm³/mol. The Bertz CT molecular complexity index is 395. The summed E-state index contributed by atoms with van der Waals surface area (Å²) in [5.41, 5.74) is 0.840. The van der Waals surface area contributed by atoms with E-state index in [1.54, 1.807) is 24.3 Å². The molecule has 0 radical (unpaired) electrons. The summed E-state index contributed by atoms with van der Waals surface area (Å²) in [6.45, 7) is 2.92. The number of rotatable bonds is 3. The summed E-state index contributed by atoms with van der Waals surface area (Å²) < 4.78 is 0. The van der Waals surface area contributed by atoms with E-state index in [-0.39, 0.29) is 11.9 Å². The Kier molecular flexibility index (Phi) is 4.28. The maximum absolute atomic E-state index is 12.2. The zero-order valence-corrected chi connectivity index (χ0v) is 11.0. The maximum Gasteiger partial charge on any atom is 0.228 e. The molecule has 1 fully saturated rings. The summed E-state index contributed by atoms with van der Waals surface area (Å²) in [6, 6.07) is 3.98. The Balaban J connectivity index is 1.91. The number of hydrogen-bond donors (Lipinski definition) is 1. The number of likely N-dealkylation sites (N-methyl/N-ethyl adjacent to an activating group) is 1. The lowest BCUT2D eigenvalue weighted by Crippen LogP contribution is -2.50. The number of nitrogens with zero attached hydrogens (tertiary/aromatic N) is 3. The number of pyridine rings is 1. The second-order valence-electron chi connectivity index (χ2n) is 4.78. The summed E-state index contributed by atoms with van der Waals surface area (Å²) >= 11 is 0. The van der Waals surface area contributed by atoms with Crippen molar-refractivity contribution in [2.75, 3.05) is 38.6 Å². The van der Waals surface area contributed by atoms with Gasteiger partial charge in [-0.1, -0.05) is 0 Å². The van der Waals surface area contributed by atoms with E-state index in [4.69, 9.17) is 0 Å². The molecule has 0 saturated carbocycles. The number of nitrogens with one attached hydrogen (secondary N) is 1. The van der Waals surface area contributed by atoms with Gasteiger partial charge in [0.05, 0.1) is 11.9 Å². The molecule has 1 aromatic heterocycles. The largest absolute Gasteiger partial charge is 0.314 e. The highest BCUT2D eigenvalue weighted by Gasteiger charge is 2.21. The van der Waals surface area contributed by atoms with E-state index < -0.39 is 0 Å². The van der Waals surface area contributed by atoms with Crippen molar-refractivity contribution in [3.05, 3.63) is 24.5 Å². The van der Waals surface area contributed by atoms with Gasteiger partial charge in [0.2, 0.25) is 5.91 Å². The number of hydrogen-bond acceptors (Lipinski definition) is 4. The minimum Gasteiger partial charge on any atom is -0.314 e. The van der Waals surface area contributed by atoms with Crippen LogP contribution >= 0.6 is 0 Å². The third-order valence-electron chi connectivity index (χ3n) is 3.29. The molecule has 1 atom stereocenters. The Labute approximate surface area is 108 Å². The lowest BCUT2D eigenvalue weighted by molar-refractivity contribution is -0.119. The number of aromatic nitrogens is 1.